The molecule has 1 N–H and O–H groups in total. The quantitative estimate of drug-likeness (QED) is 0.821. The summed E-state index contributed by atoms with van der Waals surface area (Å²) in [6, 6.07) is 2.12. The van der Waals surface area contributed by atoms with Crippen molar-refractivity contribution in [2.45, 2.75) is 32.7 Å². The second-order valence-corrected chi connectivity index (χ2v) is 6.98. The molecular weight excluding hydrogens is 248 g/mol. The van der Waals surface area contributed by atoms with Crippen molar-refractivity contribution in [1.82, 2.24) is 10.3 Å². The number of hydrogen-bond acceptors (Lipinski definition) is 4. The number of pyridine rings is 1. The van der Waals surface area contributed by atoms with Crippen LogP contribution in [0.2, 0.25) is 0 Å². The fourth-order valence-electron chi connectivity index (χ4n) is 1.81. The highest BCUT2D eigenvalue weighted by atomic mass is 32.2. The summed E-state index contributed by atoms with van der Waals surface area (Å²) in [5, 5.41) is 3.38. The number of aromatic nitrogens is 1. The molecule has 0 fully saturated rings. The Labute approximate surface area is 110 Å². The summed E-state index contributed by atoms with van der Waals surface area (Å²) in [5.41, 5.74) is 2.15. The van der Waals surface area contributed by atoms with Crippen molar-refractivity contribution in [3.8, 4) is 0 Å². The van der Waals surface area contributed by atoms with E-state index in [1.54, 1.807) is 6.20 Å². The number of sulfone groups is 1. The van der Waals surface area contributed by atoms with Crippen LogP contribution in [0.5, 0.6) is 0 Å². The molecule has 1 aromatic rings. The zero-order valence-electron chi connectivity index (χ0n) is 11.3. The van der Waals surface area contributed by atoms with Crippen molar-refractivity contribution in [3.63, 3.8) is 0 Å². The molecule has 1 atom stereocenters. The minimum atomic E-state index is -2.92. The molecular formula is C13H22N2O2S. The number of rotatable bonds is 7. The highest BCUT2D eigenvalue weighted by Crippen LogP contribution is 2.17. The summed E-state index contributed by atoms with van der Waals surface area (Å²) in [7, 11) is -2.92. The number of hydrogen-bond donors (Lipinski definition) is 1. The molecule has 5 heteroatoms. The van der Waals surface area contributed by atoms with Crippen LogP contribution in [0.3, 0.4) is 0 Å². The van der Waals surface area contributed by atoms with E-state index in [1.807, 2.05) is 13.1 Å². The Morgan fingerprint density at radius 2 is 2.11 bits per heavy atom. The van der Waals surface area contributed by atoms with Crippen LogP contribution in [0, 0.1) is 6.92 Å². The van der Waals surface area contributed by atoms with E-state index < -0.39 is 9.84 Å². The SMILES string of the molecule is CCCNC(CCS(C)(=O)=O)c1cncc(C)c1. The Hall–Kier alpha value is -0.940. The van der Waals surface area contributed by atoms with Crippen molar-refractivity contribution >= 4 is 9.84 Å². The van der Waals surface area contributed by atoms with Crippen LogP contribution >= 0.6 is 0 Å². The standard InChI is InChI=1S/C13H22N2O2S/c1-4-6-15-13(5-7-18(3,16)17)12-8-11(2)9-14-10-12/h8-10,13,15H,4-7H2,1-3H3. The lowest BCUT2D eigenvalue weighted by Gasteiger charge is -2.18. The van der Waals surface area contributed by atoms with Crippen LogP contribution in [0.25, 0.3) is 0 Å². The van der Waals surface area contributed by atoms with Crippen molar-refractivity contribution < 1.29 is 8.42 Å². The highest BCUT2D eigenvalue weighted by Gasteiger charge is 2.14. The van der Waals surface area contributed by atoms with E-state index in [4.69, 9.17) is 0 Å². The molecule has 0 radical (unpaired) electrons. The molecule has 0 bridgehead atoms. The Bertz CT molecular complexity index is 472. The predicted octanol–water partition coefficient (Wildman–Crippen LogP) is 1.87. The molecule has 0 aliphatic rings. The maximum absolute atomic E-state index is 11.3. The first kappa shape index (κ1) is 15.1. The van der Waals surface area contributed by atoms with Crippen LogP contribution < -0.4 is 5.32 Å². The lowest BCUT2D eigenvalue weighted by molar-refractivity contribution is 0.512. The lowest BCUT2D eigenvalue weighted by atomic mass is 10.1. The van der Waals surface area contributed by atoms with E-state index in [0.717, 1.165) is 24.1 Å². The van der Waals surface area contributed by atoms with E-state index in [-0.39, 0.29) is 11.8 Å². The Kier molecular flexibility index (Phi) is 5.75. The molecule has 0 saturated heterocycles. The topological polar surface area (TPSA) is 59.1 Å². The van der Waals surface area contributed by atoms with Gasteiger partial charge in [-0.15, -0.1) is 0 Å². The minimum Gasteiger partial charge on any atom is -0.310 e. The van der Waals surface area contributed by atoms with E-state index >= 15 is 0 Å². The average Bonchev–Trinajstić information content (AvgIpc) is 2.28. The van der Waals surface area contributed by atoms with Crippen LogP contribution in [0.1, 0.15) is 36.9 Å². The third-order valence-electron chi connectivity index (χ3n) is 2.72. The first-order chi connectivity index (χ1) is 8.42. The molecule has 1 heterocycles. The van der Waals surface area contributed by atoms with Gasteiger partial charge >= 0.3 is 0 Å². The molecule has 18 heavy (non-hydrogen) atoms. The van der Waals surface area contributed by atoms with Crippen LogP contribution in [0.4, 0.5) is 0 Å². The summed E-state index contributed by atoms with van der Waals surface area (Å²) >= 11 is 0. The lowest BCUT2D eigenvalue weighted by Crippen LogP contribution is -2.24. The first-order valence-corrected chi connectivity index (χ1v) is 8.31. The Balaban J connectivity index is 2.77. The monoisotopic (exact) mass is 270 g/mol. The largest absolute Gasteiger partial charge is 0.310 e. The van der Waals surface area contributed by atoms with Crippen LogP contribution in [0.15, 0.2) is 18.5 Å². The smallest absolute Gasteiger partial charge is 0.147 e. The predicted molar refractivity (Wildman–Crippen MR) is 74.3 cm³/mol. The van der Waals surface area contributed by atoms with Gasteiger partial charge in [0.2, 0.25) is 0 Å². The van der Waals surface area contributed by atoms with E-state index in [9.17, 15) is 8.42 Å². The summed E-state index contributed by atoms with van der Waals surface area (Å²) in [6.07, 6.45) is 6.50. The zero-order valence-corrected chi connectivity index (χ0v) is 12.1. The first-order valence-electron chi connectivity index (χ1n) is 6.25. The Morgan fingerprint density at radius 1 is 1.39 bits per heavy atom. The molecule has 4 nitrogen and oxygen atoms in total. The summed E-state index contributed by atoms with van der Waals surface area (Å²) in [5.74, 6) is 0.197. The molecule has 102 valence electrons. The molecule has 0 saturated carbocycles. The van der Waals surface area contributed by atoms with Crippen molar-refractivity contribution in [2.75, 3.05) is 18.6 Å². The molecule has 0 aliphatic heterocycles. The maximum Gasteiger partial charge on any atom is 0.147 e. The molecule has 1 aromatic heterocycles. The number of aryl methyl sites for hydroxylation is 1. The van der Waals surface area contributed by atoms with Crippen molar-refractivity contribution in [3.05, 3.63) is 29.6 Å². The molecule has 1 unspecified atom stereocenters. The second-order valence-electron chi connectivity index (χ2n) is 4.72. The van der Waals surface area contributed by atoms with Gasteiger partial charge < -0.3 is 5.32 Å². The van der Waals surface area contributed by atoms with E-state index in [0.29, 0.717) is 6.42 Å². The molecule has 0 spiro atoms. The van der Waals surface area contributed by atoms with Crippen molar-refractivity contribution in [2.24, 2.45) is 0 Å². The van der Waals surface area contributed by atoms with E-state index in [1.165, 1.54) is 6.26 Å². The number of nitrogens with zero attached hydrogens (tertiary/aromatic N) is 1. The highest BCUT2D eigenvalue weighted by molar-refractivity contribution is 7.90. The molecule has 0 amide bonds. The average molecular weight is 270 g/mol. The van der Waals surface area contributed by atoms with Gasteiger partial charge in [0.05, 0.1) is 5.75 Å². The van der Waals surface area contributed by atoms with Gasteiger partial charge in [-0.3, -0.25) is 4.98 Å². The fraction of sp³-hybridized carbons (Fsp3) is 0.615. The van der Waals surface area contributed by atoms with Gasteiger partial charge in [-0.05, 0) is 37.4 Å². The fourth-order valence-corrected chi connectivity index (χ4v) is 2.47. The zero-order chi connectivity index (χ0) is 13.6. The van der Waals surface area contributed by atoms with Gasteiger partial charge in [0.15, 0.2) is 0 Å². The van der Waals surface area contributed by atoms with Crippen LogP contribution in [-0.2, 0) is 9.84 Å². The summed E-state index contributed by atoms with van der Waals surface area (Å²) < 4.78 is 22.5. The van der Waals surface area contributed by atoms with Gasteiger partial charge in [-0.2, -0.15) is 0 Å². The number of nitrogens with one attached hydrogen (secondary N) is 1. The van der Waals surface area contributed by atoms with Gasteiger partial charge in [0.25, 0.3) is 0 Å². The molecule has 0 aromatic carbocycles. The van der Waals surface area contributed by atoms with Crippen molar-refractivity contribution in [1.29, 1.82) is 0 Å². The minimum absolute atomic E-state index is 0.0621. The second kappa shape index (κ2) is 6.85. The third kappa shape index (κ3) is 5.60. The van der Waals surface area contributed by atoms with Crippen LogP contribution in [-0.4, -0.2) is 32.0 Å². The summed E-state index contributed by atoms with van der Waals surface area (Å²) in [4.78, 5) is 4.17. The normalized spacial score (nSPS) is 13.5. The summed E-state index contributed by atoms with van der Waals surface area (Å²) in [6.45, 7) is 4.96. The molecule has 0 aliphatic carbocycles. The molecule has 1 rings (SSSR count). The van der Waals surface area contributed by atoms with Gasteiger partial charge in [0.1, 0.15) is 9.84 Å². The van der Waals surface area contributed by atoms with Gasteiger partial charge in [0, 0.05) is 24.7 Å². The third-order valence-corrected chi connectivity index (χ3v) is 3.69. The maximum atomic E-state index is 11.3. The van der Waals surface area contributed by atoms with E-state index in [2.05, 4.69) is 23.3 Å². The van der Waals surface area contributed by atoms with Gasteiger partial charge in [-0.25, -0.2) is 8.42 Å². The Morgan fingerprint density at radius 3 is 2.67 bits per heavy atom. The van der Waals surface area contributed by atoms with Gasteiger partial charge in [-0.1, -0.05) is 13.0 Å².